The maximum absolute atomic E-state index is 9.38. The number of hydrogen-bond acceptors (Lipinski definition) is 3. The molecule has 0 saturated carbocycles. The van der Waals surface area contributed by atoms with Gasteiger partial charge < -0.3 is 14.9 Å². The van der Waals surface area contributed by atoms with Gasteiger partial charge in [0.1, 0.15) is 0 Å². The van der Waals surface area contributed by atoms with Crippen LogP contribution in [0.2, 0.25) is 0 Å². The average molecular weight is 218 g/mol. The molecular weight excluding hydrogens is 192 g/mol. The summed E-state index contributed by atoms with van der Waals surface area (Å²) in [6.07, 6.45) is 2.60. The Morgan fingerprint density at radius 2 is 1.80 bits per heavy atom. The highest BCUT2D eigenvalue weighted by molar-refractivity contribution is 4.79. The summed E-state index contributed by atoms with van der Waals surface area (Å²) in [6, 6.07) is 0. The van der Waals surface area contributed by atoms with Gasteiger partial charge in [-0.1, -0.05) is 13.8 Å². The molecule has 92 valence electrons. The zero-order chi connectivity index (χ0) is 11.7. The second kappa shape index (κ2) is 8.08. The molecule has 15 heavy (non-hydrogen) atoms. The van der Waals surface area contributed by atoms with Crippen LogP contribution in [0.1, 0.15) is 40.0 Å². The van der Waals surface area contributed by atoms with Gasteiger partial charge in [-0.3, -0.25) is 0 Å². The molecule has 0 spiro atoms. The Morgan fingerprint density at radius 1 is 1.20 bits per heavy atom. The predicted molar refractivity (Wildman–Crippen MR) is 61.8 cm³/mol. The average Bonchev–Trinajstić information content (AvgIpc) is 2.22. The molecule has 0 amide bonds. The van der Waals surface area contributed by atoms with Gasteiger partial charge in [0, 0.05) is 18.6 Å². The van der Waals surface area contributed by atoms with Crippen LogP contribution in [0.25, 0.3) is 0 Å². The fraction of sp³-hybridized carbons (Fsp3) is 1.00. The van der Waals surface area contributed by atoms with Crippen molar-refractivity contribution in [3.8, 4) is 0 Å². The molecule has 0 aromatic rings. The maximum Gasteiger partial charge on any atom is 0.0509 e. The van der Waals surface area contributed by atoms with E-state index in [2.05, 4.69) is 13.8 Å². The molecule has 0 saturated heterocycles. The van der Waals surface area contributed by atoms with E-state index in [0.717, 1.165) is 32.5 Å². The lowest BCUT2D eigenvalue weighted by Crippen LogP contribution is -2.32. The van der Waals surface area contributed by atoms with Crippen molar-refractivity contribution in [1.29, 1.82) is 0 Å². The van der Waals surface area contributed by atoms with Crippen molar-refractivity contribution in [2.24, 2.45) is 11.3 Å². The normalized spacial score (nSPS) is 12.4. The number of rotatable bonds is 9. The Kier molecular flexibility index (Phi) is 8.02. The van der Waals surface area contributed by atoms with Gasteiger partial charge in [-0.15, -0.1) is 0 Å². The van der Waals surface area contributed by atoms with E-state index in [9.17, 15) is 10.2 Å². The molecule has 0 rings (SSSR count). The Hall–Kier alpha value is -0.120. The molecule has 0 radical (unpaired) electrons. The van der Waals surface area contributed by atoms with Crippen molar-refractivity contribution in [2.75, 3.05) is 26.4 Å². The first-order chi connectivity index (χ1) is 7.10. The third-order valence-electron chi connectivity index (χ3n) is 2.71. The molecule has 2 N–H and O–H groups in total. The summed E-state index contributed by atoms with van der Waals surface area (Å²) < 4.78 is 5.26. The smallest absolute Gasteiger partial charge is 0.0509 e. The third-order valence-corrected chi connectivity index (χ3v) is 2.71. The van der Waals surface area contributed by atoms with E-state index in [-0.39, 0.29) is 18.6 Å². The van der Waals surface area contributed by atoms with Crippen LogP contribution >= 0.6 is 0 Å². The van der Waals surface area contributed by atoms with Gasteiger partial charge in [0.15, 0.2) is 0 Å². The van der Waals surface area contributed by atoms with Crippen LogP contribution in [-0.4, -0.2) is 36.6 Å². The number of aliphatic hydroxyl groups is 2. The van der Waals surface area contributed by atoms with E-state index in [1.807, 2.05) is 6.92 Å². The number of aliphatic hydroxyl groups excluding tert-OH is 2. The number of ether oxygens (including phenoxy) is 1. The van der Waals surface area contributed by atoms with Crippen LogP contribution in [0, 0.1) is 11.3 Å². The van der Waals surface area contributed by atoms with Crippen molar-refractivity contribution in [3.63, 3.8) is 0 Å². The molecule has 0 heterocycles. The number of hydrogen-bond donors (Lipinski definition) is 2. The monoisotopic (exact) mass is 218 g/mol. The minimum Gasteiger partial charge on any atom is -0.396 e. The van der Waals surface area contributed by atoms with E-state index >= 15 is 0 Å². The standard InChI is InChI=1S/C12H26O3/c1-4-15-7-5-6-12(9-13,10-14)8-11(2)3/h11,13-14H,4-10H2,1-3H3. The molecule has 0 aromatic heterocycles. The molecule has 0 aliphatic carbocycles. The van der Waals surface area contributed by atoms with Gasteiger partial charge in [-0.2, -0.15) is 0 Å². The molecular formula is C12H26O3. The molecule has 0 unspecified atom stereocenters. The van der Waals surface area contributed by atoms with Crippen LogP contribution in [0.15, 0.2) is 0 Å². The van der Waals surface area contributed by atoms with E-state index < -0.39 is 0 Å². The minimum atomic E-state index is -0.314. The fourth-order valence-electron chi connectivity index (χ4n) is 2.00. The fourth-order valence-corrected chi connectivity index (χ4v) is 2.00. The van der Waals surface area contributed by atoms with Gasteiger partial charge in [0.25, 0.3) is 0 Å². The van der Waals surface area contributed by atoms with E-state index in [1.54, 1.807) is 0 Å². The molecule has 0 bridgehead atoms. The van der Waals surface area contributed by atoms with Gasteiger partial charge in [-0.05, 0) is 32.1 Å². The van der Waals surface area contributed by atoms with Crippen LogP contribution in [-0.2, 0) is 4.74 Å². The summed E-state index contributed by atoms with van der Waals surface area (Å²) in [5.41, 5.74) is -0.314. The highest BCUT2D eigenvalue weighted by Gasteiger charge is 2.28. The van der Waals surface area contributed by atoms with Crippen LogP contribution in [0.3, 0.4) is 0 Å². The SMILES string of the molecule is CCOCCCC(CO)(CO)CC(C)C. The Labute approximate surface area is 93.5 Å². The van der Waals surface area contributed by atoms with Crippen LogP contribution in [0.5, 0.6) is 0 Å². The van der Waals surface area contributed by atoms with E-state index in [0.29, 0.717) is 5.92 Å². The molecule has 0 fully saturated rings. The second-order valence-electron chi connectivity index (χ2n) is 4.71. The summed E-state index contributed by atoms with van der Waals surface area (Å²) in [6.45, 7) is 7.78. The predicted octanol–water partition coefficient (Wildman–Crippen LogP) is 1.82. The lowest BCUT2D eigenvalue weighted by molar-refractivity contribution is 0.0203. The van der Waals surface area contributed by atoms with E-state index in [1.165, 1.54) is 0 Å². The summed E-state index contributed by atoms with van der Waals surface area (Å²) in [7, 11) is 0. The largest absolute Gasteiger partial charge is 0.396 e. The lowest BCUT2D eigenvalue weighted by Gasteiger charge is -2.31. The first-order valence-electron chi connectivity index (χ1n) is 5.89. The first-order valence-corrected chi connectivity index (χ1v) is 5.89. The van der Waals surface area contributed by atoms with Gasteiger partial charge in [-0.25, -0.2) is 0 Å². The Bertz CT molecular complexity index is 142. The van der Waals surface area contributed by atoms with Crippen molar-refractivity contribution in [2.45, 2.75) is 40.0 Å². The van der Waals surface area contributed by atoms with Gasteiger partial charge >= 0.3 is 0 Å². The van der Waals surface area contributed by atoms with E-state index in [4.69, 9.17) is 4.74 Å². The molecule has 0 aliphatic rings. The molecule has 0 aliphatic heterocycles. The van der Waals surface area contributed by atoms with Crippen molar-refractivity contribution in [1.82, 2.24) is 0 Å². The van der Waals surface area contributed by atoms with Crippen LogP contribution < -0.4 is 0 Å². The summed E-state index contributed by atoms with van der Waals surface area (Å²) >= 11 is 0. The third kappa shape index (κ3) is 6.13. The highest BCUT2D eigenvalue weighted by Crippen LogP contribution is 2.30. The van der Waals surface area contributed by atoms with Gasteiger partial charge in [0.2, 0.25) is 0 Å². The zero-order valence-corrected chi connectivity index (χ0v) is 10.3. The zero-order valence-electron chi connectivity index (χ0n) is 10.3. The topological polar surface area (TPSA) is 49.7 Å². The van der Waals surface area contributed by atoms with Gasteiger partial charge in [0.05, 0.1) is 13.2 Å². The summed E-state index contributed by atoms with van der Waals surface area (Å²) in [4.78, 5) is 0. The Balaban J connectivity index is 4.00. The highest BCUT2D eigenvalue weighted by atomic mass is 16.5. The first kappa shape index (κ1) is 14.9. The second-order valence-corrected chi connectivity index (χ2v) is 4.71. The molecule has 3 nitrogen and oxygen atoms in total. The minimum absolute atomic E-state index is 0.0633. The van der Waals surface area contributed by atoms with Crippen molar-refractivity contribution >= 4 is 0 Å². The molecule has 0 atom stereocenters. The molecule has 3 heteroatoms. The van der Waals surface area contributed by atoms with Crippen molar-refractivity contribution in [3.05, 3.63) is 0 Å². The quantitative estimate of drug-likeness (QED) is 0.580. The molecule has 0 aromatic carbocycles. The summed E-state index contributed by atoms with van der Waals surface area (Å²) in [5.74, 6) is 0.497. The maximum atomic E-state index is 9.38. The Morgan fingerprint density at radius 3 is 2.20 bits per heavy atom. The van der Waals surface area contributed by atoms with Crippen molar-refractivity contribution < 1.29 is 14.9 Å². The lowest BCUT2D eigenvalue weighted by atomic mass is 9.78. The van der Waals surface area contributed by atoms with Crippen LogP contribution in [0.4, 0.5) is 0 Å². The summed E-state index contributed by atoms with van der Waals surface area (Å²) in [5, 5.41) is 18.8.